The van der Waals surface area contributed by atoms with Gasteiger partial charge in [-0.2, -0.15) is 0 Å². The van der Waals surface area contributed by atoms with Gasteiger partial charge in [0, 0.05) is 19.0 Å². The summed E-state index contributed by atoms with van der Waals surface area (Å²) in [5.74, 6) is -2.40. The number of benzene rings is 1. The van der Waals surface area contributed by atoms with Crippen LogP contribution in [0.1, 0.15) is 19.8 Å². The van der Waals surface area contributed by atoms with Crippen LogP contribution >= 0.6 is 11.8 Å². The van der Waals surface area contributed by atoms with Gasteiger partial charge in [0.05, 0.1) is 5.69 Å². The molecule has 5 nitrogen and oxygen atoms in total. The van der Waals surface area contributed by atoms with Crippen molar-refractivity contribution in [2.75, 3.05) is 11.9 Å². The molecule has 0 bridgehead atoms. The summed E-state index contributed by atoms with van der Waals surface area (Å²) >= 11 is 1.18. The smallest absolute Gasteiger partial charge is 0.240 e. The second kappa shape index (κ2) is 7.35. The minimum Gasteiger partial charge on any atom is -0.324 e. The lowest BCUT2D eigenvalue weighted by molar-refractivity contribution is -0.122. The van der Waals surface area contributed by atoms with E-state index in [2.05, 4.69) is 15.6 Å². The molecular formula is C14H15F2N3O2S. The van der Waals surface area contributed by atoms with E-state index in [-0.39, 0.29) is 18.0 Å². The van der Waals surface area contributed by atoms with Crippen molar-refractivity contribution in [1.29, 1.82) is 0 Å². The maximum atomic E-state index is 13.4. The Morgan fingerprint density at radius 1 is 1.45 bits per heavy atom. The Hall–Kier alpha value is -1.96. The number of amidine groups is 1. The van der Waals surface area contributed by atoms with Crippen molar-refractivity contribution in [2.24, 2.45) is 4.99 Å². The summed E-state index contributed by atoms with van der Waals surface area (Å²) in [4.78, 5) is 27.8. The van der Waals surface area contributed by atoms with Crippen LogP contribution in [0, 0.1) is 11.6 Å². The van der Waals surface area contributed by atoms with E-state index >= 15 is 0 Å². The Labute approximate surface area is 130 Å². The molecule has 118 valence electrons. The molecule has 0 unspecified atom stereocenters. The number of rotatable bonds is 5. The standard InChI is InChI=1S/C14H15F2N3O2S/c1-2-5-17-14-19-13(21)11(22-14)7-12(20)18-10-4-3-8(15)6-9(10)16/h3-4,6,11H,2,5,7H2,1H3,(H,18,20)(H,17,19,21)/t11-/m0/s1. The van der Waals surface area contributed by atoms with Crippen LogP contribution in [-0.2, 0) is 9.59 Å². The molecule has 2 N–H and O–H groups in total. The summed E-state index contributed by atoms with van der Waals surface area (Å²) in [6.45, 7) is 2.57. The SMILES string of the molecule is CCCN=C1NC(=O)[C@H](CC(=O)Nc2ccc(F)cc2F)S1. The molecule has 1 aliphatic rings. The van der Waals surface area contributed by atoms with Gasteiger partial charge in [-0.25, -0.2) is 8.78 Å². The van der Waals surface area contributed by atoms with E-state index in [1.54, 1.807) is 0 Å². The zero-order valence-corrected chi connectivity index (χ0v) is 12.7. The van der Waals surface area contributed by atoms with Crippen LogP contribution in [0.5, 0.6) is 0 Å². The Morgan fingerprint density at radius 3 is 2.91 bits per heavy atom. The normalized spacial score (nSPS) is 19.3. The van der Waals surface area contributed by atoms with Crippen molar-refractivity contribution in [2.45, 2.75) is 25.0 Å². The van der Waals surface area contributed by atoms with Crippen LogP contribution in [-0.4, -0.2) is 28.8 Å². The summed E-state index contributed by atoms with van der Waals surface area (Å²) in [6, 6.07) is 2.87. The minimum atomic E-state index is -0.859. The highest BCUT2D eigenvalue weighted by atomic mass is 32.2. The number of halogens is 2. The molecule has 1 aliphatic heterocycles. The molecule has 0 aromatic heterocycles. The van der Waals surface area contributed by atoms with Gasteiger partial charge in [0.2, 0.25) is 11.8 Å². The highest BCUT2D eigenvalue weighted by Crippen LogP contribution is 2.23. The van der Waals surface area contributed by atoms with Crippen LogP contribution in [0.25, 0.3) is 0 Å². The molecule has 2 rings (SSSR count). The Morgan fingerprint density at radius 2 is 2.23 bits per heavy atom. The quantitative estimate of drug-likeness (QED) is 0.872. The molecular weight excluding hydrogens is 312 g/mol. The predicted octanol–water partition coefficient (Wildman–Crippen LogP) is 2.29. The molecule has 0 spiro atoms. The van der Waals surface area contributed by atoms with E-state index < -0.39 is 22.8 Å². The zero-order chi connectivity index (χ0) is 16.1. The third-order valence-electron chi connectivity index (χ3n) is 2.83. The molecule has 1 aromatic rings. The van der Waals surface area contributed by atoms with Gasteiger partial charge >= 0.3 is 0 Å². The van der Waals surface area contributed by atoms with Crippen molar-refractivity contribution >= 4 is 34.4 Å². The van der Waals surface area contributed by atoms with E-state index in [1.165, 1.54) is 11.8 Å². The zero-order valence-electron chi connectivity index (χ0n) is 11.9. The van der Waals surface area contributed by atoms with Gasteiger partial charge in [0.1, 0.15) is 16.9 Å². The van der Waals surface area contributed by atoms with Crippen LogP contribution < -0.4 is 10.6 Å². The fourth-order valence-corrected chi connectivity index (χ4v) is 2.78. The third-order valence-corrected chi connectivity index (χ3v) is 3.95. The molecule has 0 saturated carbocycles. The number of aliphatic imine (C=N–C) groups is 1. The maximum Gasteiger partial charge on any atom is 0.240 e. The number of nitrogens with one attached hydrogen (secondary N) is 2. The van der Waals surface area contributed by atoms with E-state index in [9.17, 15) is 18.4 Å². The fourth-order valence-electron chi connectivity index (χ4n) is 1.79. The lowest BCUT2D eigenvalue weighted by Crippen LogP contribution is -2.28. The molecule has 0 radical (unpaired) electrons. The van der Waals surface area contributed by atoms with E-state index in [4.69, 9.17) is 0 Å². The molecule has 1 aromatic carbocycles. The van der Waals surface area contributed by atoms with Crippen molar-refractivity contribution in [3.8, 4) is 0 Å². The van der Waals surface area contributed by atoms with Crippen molar-refractivity contribution < 1.29 is 18.4 Å². The third kappa shape index (κ3) is 4.27. The lowest BCUT2D eigenvalue weighted by atomic mass is 10.2. The minimum absolute atomic E-state index is 0.113. The highest BCUT2D eigenvalue weighted by molar-refractivity contribution is 8.15. The Kier molecular flexibility index (Phi) is 5.48. The first-order chi connectivity index (χ1) is 10.5. The van der Waals surface area contributed by atoms with Gasteiger partial charge in [-0.1, -0.05) is 18.7 Å². The summed E-state index contributed by atoms with van der Waals surface area (Å²) in [6.07, 6.45) is 0.743. The summed E-state index contributed by atoms with van der Waals surface area (Å²) < 4.78 is 26.2. The van der Waals surface area contributed by atoms with Gasteiger partial charge in [0.15, 0.2) is 5.17 Å². The van der Waals surface area contributed by atoms with E-state index in [0.717, 1.165) is 18.6 Å². The van der Waals surface area contributed by atoms with Crippen LogP contribution in [0.15, 0.2) is 23.2 Å². The average molecular weight is 327 g/mol. The second-order valence-corrected chi connectivity index (χ2v) is 5.85. The number of carbonyl (C=O) groups is 2. The Balaban J connectivity index is 1.93. The molecule has 1 saturated heterocycles. The lowest BCUT2D eigenvalue weighted by Gasteiger charge is -2.08. The van der Waals surface area contributed by atoms with Crippen molar-refractivity contribution in [3.63, 3.8) is 0 Å². The number of hydrogen-bond donors (Lipinski definition) is 2. The summed E-state index contributed by atoms with van der Waals surface area (Å²) in [5.41, 5.74) is -0.116. The number of carbonyl (C=O) groups excluding carboxylic acids is 2. The van der Waals surface area contributed by atoms with E-state index in [0.29, 0.717) is 17.8 Å². The van der Waals surface area contributed by atoms with Gasteiger partial charge in [0.25, 0.3) is 0 Å². The molecule has 0 aliphatic carbocycles. The largest absolute Gasteiger partial charge is 0.324 e. The van der Waals surface area contributed by atoms with Crippen LogP contribution in [0.3, 0.4) is 0 Å². The highest BCUT2D eigenvalue weighted by Gasteiger charge is 2.32. The monoisotopic (exact) mass is 327 g/mol. The molecule has 2 amide bonds. The number of hydrogen-bond acceptors (Lipinski definition) is 4. The average Bonchev–Trinajstić information content (AvgIpc) is 2.80. The summed E-state index contributed by atoms with van der Waals surface area (Å²) in [5, 5.41) is 4.83. The van der Waals surface area contributed by atoms with E-state index in [1.807, 2.05) is 6.92 Å². The van der Waals surface area contributed by atoms with Crippen molar-refractivity contribution in [3.05, 3.63) is 29.8 Å². The Bertz CT molecular complexity index is 622. The molecule has 8 heteroatoms. The number of nitrogens with zero attached hydrogens (tertiary/aromatic N) is 1. The first-order valence-electron chi connectivity index (χ1n) is 6.76. The first kappa shape index (κ1) is 16.4. The number of thioether (sulfide) groups is 1. The van der Waals surface area contributed by atoms with Crippen LogP contribution in [0.4, 0.5) is 14.5 Å². The number of anilines is 1. The number of amides is 2. The van der Waals surface area contributed by atoms with Crippen molar-refractivity contribution in [1.82, 2.24) is 5.32 Å². The molecule has 22 heavy (non-hydrogen) atoms. The second-order valence-electron chi connectivity index (χ2n) is 4.66. The molecule has 1 atom stereocenters. The van der Waals surface area contributed by atoms with Gasteiger partial charge in [-0.3, -0.25) is 14.6 Å². The topological polar surface area (TPSA) is 70.6 Å². The fraction of sp³-hybridized carbons (Fsp3) is 0.357. The maximum absolute atomic E-state index is 13.4. The first-order valence-corrected chi connectivity index (χ1v) is 7.64. The summed E-state index contributed by atoms with van der Waals surface area (Å²) in [7, 11) is 0. The van der Waals surface area contributed by atoms with Gasteiger partial charge in [-0.15, -0.1) is 0 Å². The molecule has 1 fully saturated rings. The predicted molar refractivity (Wildman–Crippen MR) is 81.7 cm³/mol. The molecule has 1 heterocycles. The van der Waals surface area contributed by atoms with Gasteiger partial charge in [-0.05, 0) is 18.6 Å². The van der Waals surface area contributed by atoms with Gasteiger partial charge < -0.3 is 10.6 Å². The van der Waals surface area contributed by atoms with Crippen LogP contribution in [0.2, 0.25) is 0 Å².